The third-order valence-corrected chi connectivity index (χ3v) is 3.57. The van der Waals surface area contributed by atoms with Crippen LogP contribution in [0, 0.1) is 5.92 Å². The van der Waals surface area contributed by atoms with Crippen LogP contribution in [0.25, 0.3) is 0 Å². The average molecular weight is 255 g/mol. The Labute approximate surface area is 109 Å². The minimum absolute atomic E-state index is 0.632. The van der Waals surface area contributed by atoms with Crippen LogP contribution in [0.1, 0.15) is 12.8 Å². The van der Waals surface area contributed by atoms with Gasteiger partial charge in [0.1, 0.15) is 0 Å². The second-order valence-corrected chi connectivity index (χ2v) is 5.07. The summed E-state index contributed by atoms with van der Waals surface area (Å²) >= 11 is 0. The largest absolute Gasteiger partial charge is 0.383 e. The topological polar surface area (TPSA) is 66.1 Å². The van der Waals surface area contributed by atoms with Gasteiger partial charge < -0.3 is 9.64 Å². The highest BCUT2D eigenvalue weighted by Gasteiger charge is 2.26. The summed E-state index contributed by atoms with van der Waals surface area (Å²) in [7, 11) is 1.68. The van der Waals surface area contributed by atoms with Gasteiger partial charge in [-0.05, 0) is 18.8 Å². The number of ether oxygens (including phenoxy) is 1. The third kappa shape index (κ3) is 4.12. The van der Waals surface area contributed by atoms with Gasteiger partial charge >= 0.3 is 0 Å². The van der Waals surface area contributed by atoms with Gasteiger partial charge in [0.25, 0.3) is 0 Å². The molecule has 6 nitrogen and oxygen atoms in total. The van der Waals surface area contributed by atoms with E-state index in [-0.39, 0.29) is 0 Å². The molecule has 0 amide bonds. The second kappa shape index (κ2) is 6.92. The molecule has 1 saturated carbocycles. The van der Waals surface area contributed by atoms with Gasteiger partial charge in [-0.25, -0.2) is 10.8 Å². The van der Waals surface area contributed by atoms with Crippen molar-refractivity contribution >= 4 is 5.96 Å². The zero-order chi connectivity index (χ0) is 12.8. The van der Waals surface area contributed by atoms with Gasteiger partial charge in [-0.1, -0.05) is 0 Å². The maximum atomic E-state index is 5.53. The molecule has 2 fully saturated rings. The van der Waals surface area contributed by atoms with Crippen molar-refractivity contribution in [2.45, 2.75) is 12.8 Å². The van der Waals surface area contributed by atoms with Crippen molar-refractivity contribution in [2.75, 3.05) is 53.0 Å². The van der Waals surface area contributed by atoms with Gasteiger partial charge in [0, 0.05) is 39.8 Å². The van der Waals surface area contributed by atoms with E-state index >= 15 is 0 Å². The van der Waals surface area contributed by atoms with Gasteiger partial charge in [0.2, 0.25) is 5.96 Å². The van der Waals surface area contributed by atoms with Crippen LogP contribution in [-0.2, 0) is 4.74 Å². The van der Waals surface area contributed by atoms with Crippen LogP contribution in [0.3, 0.4) is 0 Å². The number of nitrogens with two attached hydrogens (primary N) is 1. The number of methoxy groups -OCH3 is 1. The summed E-state index contributed by atoms with van der Waals surface area (Å²) in [4.78, 5) is 9.19. The van der Waals surface area contributed by atoms with Crippen molar-refractivity contribution in [3.63, 3.8) is 0 Å². The van der Waals surface area contributed by atoms with Gasteiger partial charge in [-0.2, -0.15) is 0 Å². The van der Waals surface area contributed by atoms with Crippen LogP contribution in [0.15, 0.2) is 4.99 Å². The molecule has 1 aliphatic heterocycles. The highest BCUT2D eigenvalue weighted by Crippen LogP contribution is 2.29. The summed E-state index contributed by atoms with van der Waals surface area (Å²) in [5.41, 5.74) is 2.70. The van der Waals surface area contributed by atoms with Gasteiger partial charge in [0.15, 0.2) is 0 Å². The number of hydrazine groups is 1. The Hall–Kier alpha value is -0.850. The van der Waals surface area contributed by atoms with Crippen molar-refractivity contribution in [3.8, 4) is 0 Å². The van der Waals surface area contributed by atoms with Gasteiger partial charge in [0.05, 0.1) is 13.2 Å². The summed E-state index contributed by atoms with van der Waals surface area (Å²) in [6.45, 7) is 6.79. The number of hydrogen-bond acceptors (Lipinski definition) is 4. The van der Waals surface area contributed by atoms with E-state index in [1.165, 1.54) is 19.4 Å². The molecule has 0 bridgehead atoms. The van der Waals surface area contributed by atoms with Crippen LogP contribution < -0.4 is 11.3 Å². The lowest BCUT2D eigenvalue weighted by Gasteiger charge is -2.36. The highest BCUT2D eigenvalue weighted by molar-refractivity contribution is 5.79. The number of piperazine rings is 1. The maximum absolute atomic E-state index is 5.53. The molecule has 1 aliphatic carbocycles. The highest BCUT2D eigenvalue weighted by atomic mass is 16.5. The number of aliphatic imine (C=N–C) groups is 1. The molecule has 18 heavy (non-hydrogen) atoms. The first kappa shape index (κ1) is 13.6. The molecule has 0 spiro atoms. The first-order valence-electron chi connectivity index (χ1n) is 6.80. The summed E-state index contributed by atoms with van der Waals surface area (Å²) < 4.78 is 4.99. The molecule has 3 N–H and O–H groups in total. The molecule has 2 rings (SSSR count). The van der Waals surface area contributed by atoms with E-state index in [9.17, 15) is 0 Å². The molecule has 104 valence electrons. The maximum Gasteiger partial charge on any atom is 0.208 e. The van der Waals surface area contributed by atoms with Crippen molar-refractivity contribution in [2.24, 2.45) is 16.8 Å². The van der Waals surface area contributed by atoms with Crippen LogP contribution in [0.5, 0.6) is 0 Å². The molecule has 0 atom stereocenters. The molecule has 0 unspecified atom stereocenters. The summed E-state index contributed by atoms with van der Waals surface area (Å²) in [5, 5.41) is 0. The van der Waals surface area contributed by atoms with E-state index in [0.29, 0.717) is 13.2 Å². The Bertz CT molecular complexity index is 272. The Kier molecular flexibility index (Phi) is 5.22. The number of guanidine groups is 1. The van der Waals surface area contributed by atoms with E-state index in [4.69, 9.17) is 10.6 Å². The van der Waals surface area contributed by atoms with Gasteiger partial charge in [-0.3, -0.25) is 10.3 Å². The Morgan fingerprint density at radius 2 is 2.06 bits per heavy atom. The van der Waals surface area contributed by atoms with E-state index in [2.05, 4.69) is 20.2 Å². The summed E-state index contributed by atoms with van der Waals surface area (Å²) in [6.07, 6.45) is 2.85. The predicted octanol–water partition coefficient (Wildman–Crippen LogP) is -0.520. The fourth-order valence-corrected chi connectivity index (χ4v) is 2.29. The summed E-state index contributed by atoms with van der Waals surface area (Å²) in [6, 6.07) is 0. The summed E-state index contributed by atoms with van der Waals surface area (Å²) in [5.74, 6) is 7.30. The number of rotatable bonds is 5. The molecule has 1 heterocycles. The lowest BCUT2D eigenvalue weighted by molar-refractivity contribution is 0.172. The van der Waals surface area contributed by atoms with Crippen LogP contribution in [0.4, 0.5) is 0 Å². The SMILES string of the molecule is COCCN=C(NN)N1CCN(CC2CC2)CC1. The zero-order valence-electron chi connectivity index (χ0n) is 11.3. The van der Waals surface area contributed by atoms with Crippen molar-refractivity contribution < 1.29 is 4.74 Å². The lowest BCUT2D eigenvalue weighted by atomic mass is 10.3. The smallest absolute Gasteiger partial charge is 0.208 e. The van der Waals surface area contributed by atoms with Gasteiger partial charge in [-0.15, -0.1) is 0 Å². The quantitative estimate of drug-likeness (QED) is 0.227. The molecule has 6 heteroatoms. The monoisotopic (exact) mass is 255 g/mol. The predicted molar refractivity (Wildman–Crippen MR) is 72.2 cm³/mol. The number of nitrogens with zero attached hydrogens (tertiary/aromatic N) is 3. The lowest BCUT2D eigenvalue weighted by Crippen LogP contribution is -2.54. The second-order valence-electron chi connectivity index (χ2n) is 5.07. The third-order valence-electron chi connectivity index (χ3n) is 3.57. The molecule has 2 aliphatic rings. The normalized spacial score (nSPS) is 22.3. The van der Waals surface area contributed by atoms with Crippen molar-refractivity contribution in [1.82, 2.24) is 15.2 Å². The molecule has 0 radical (unpaired) electrons. The Morgan fingerprint density at radius 1 is 1.33 bits per heavy atom. The van der Waals surface area contributed by atoms with E-state index < -0.39 is 0 Å². The first-order chi connectivity index (χ1) is 8.83. The average Bonchev–Trinajstić information content (AvgIpc) is 3.20. The minimum Gasteiger partial charge on any atom is -0.383 e. The molecule has 0 aromatic rings. The molecular weight excluding hydrogens is 230 g/mol. The Balaban J connectivity index is 1.73. The van der Waals surface area contributed by atoms with Crippen LogP contribution in [0.2, 0.25) is 0 Å². The minimum atomic E-state index is 0.632. The molecule has 0 aromatic heterocycles. The molecule has 1 saturated heterocycles. The van der Waals surface area contributed by atoms with E-state index in [1.807, 2.05) is 0 Å². The standard InChI is InChI=1S/C12H25N5O/c1-18-9-4-14-12(15-13)17-7-5-16(6-8-17)10-11-2-3-11/h11H,2-10,13H2,1H3,(H,14,15). The fourth-order valence-electron chi connectivity index (χ4n) is 2.29. The Morgan fingerprint density at radius 3 is 2.61 bits per heavy atom. The molecular formula is C12H25N5O. The number of nitrogens with one attached hydrogen (secondary N) is 1. The van der Waals surface area contributed by atoms with Crippen LogP contribution >= 0.6 is 0 Å². The van der Waals surface area contributed by atoms with Crippen LogP contribution in [-0.4, -0.2) is 68.7 Å². The van der Waals surface area contributed by atoms with E-state index in [1.54, 1.807) is 7.11 Å². The fraction of sp³-hybridized carbons (Fsp3) is 0.917. The van der Waals surface area contributed by atoms with Crippen molar-refractivity contribution in [1.29, 1.82) is 0 Å². The molecule has 0 aromatic carbocycles. The first-order valence-corrected chi connectivity index (χ1v) is 6.80. The van der Waals surface area contributed by atoms with E-state index in [0.717, 1.165) is 38.1 Å². The van der Waals surface area contributed by atoms with Crippen molar-refractivity contribution in [3.05, 3.63) is 0 Å². The number of hydrogen-bond donors (Lipinski definition) is 2. The zero-order valence-corrected chi connectivity index (χ0v) is 11.3.